The molecule has 3 heteroatoms. The van der Waals surface area contributed by atoms with E-state index in [1.807, 2.05) is 19.1 Å². The minimum absolute atomic E-state index is 0.740. The van der Waals surface area contributed by atoms with Gasteiger partial charge in [-0.3, -0.25) is 0 Å². The highest BCUT2D eigenvalue weighted by Gasteiger charge is 2.01. The van der Waals surface area contributed by atoms with E-state index in [1.165, 1.54) is 0 Å². The van der Waals surface area contributed by atoms with E-state index in [1.54, 1.807) is 6.20 Å². The minimum Gasteiger partial charge on any atom is -0.490 e. The smallest absolute Gasteiger partial charge is 0.168 e. The van der Waals surface area contributed by atoms with Crippen LogP contribution in [0, 0.1) is 0 Å². The number of nitrogens with zero attached hydrogens (tertiary/aromatic N) is 1. The van der Waals surface area contributed by atoms with E-state index in [-0.39, 0.29) is 0 Å². The molecular weight excluding hydrogens is 164 g/mol. The van der Waals surface area contributed by atoms with Gasteiger partial charge in [-0.05, 0) is 25.5 Å². The predicted octanol–water partition coefficient (Wildman–Crippen LogP) is 2.30. The second-order valence-electron chi connectivity index (χ2n) is 2.73. The standard InChI is InChI=1S/C10H16N2O/c1-3-8-13-9-6-5-7-12-10(9)11-4-2/h5-7H,3-4,8H2,1-2H3,(H,11,12). The maximum Gasteiger partial charge on any atom is 0.168 e. The van der Waals surface area contributed by atoms with E-state index in [0.29, 0.717) is 0 Å². The highest BCUT2D eigenvalue weighted by Crippen LogP contribution is 2.20. The molecule has 1 aromatic heterocycles. The molecule has 0 aliphatic heterocycles. The van der Waals surface area contributed by atoms with Gasteiger partial charge in [-0.15, -0.1) is 0 Å². The zero-order valence-electron chi connectivity index (χ0n) is 8.21. The van der Waals surface area contributed by atoms with Gasteiger partial charge in [-0.1, -0.05) is 6.92 Å². The maximum absolute atomic E-state index is 5.51. The van der Waals surface area contributed by atoms with Crippen molar-refractivity contribution in [2.24, 2.45) is 0 Å². The molecule has 3 nitrogen and oxygen atoms in total. The predicted molar refractivity (Wildman–Crippen MR) is 54.2 cm³/mol. The molecule has 0 saturated heterocycles. The van der Waals surface area contributed by atoms with Crippen molar-refractivity contribution in [2.75, 3.05) is 18.5 Å². The van der Waals surface area contributed by atoms with E-state index in [9.17, 15) is 0 Å². The lowest BCUT2D eigenvalue weighted by Gasteiger charge is -2.09. The molecule has 0 aromatic carbocycles. The number of nitrogens with one attached hydrogen (secondary N) is 1. The largest absolute Gasteiger partial charge is 0.490 e. The molecule has 0 atom stereocenters. The van der Waals surface area contributed by atoms with E-state index in [0.717, 1.165) is 31.1 Å². The Kier molecular flexibility index (Phi) is 4.09. The first-order chi connectivity index (χ1) is 6.38. The summed E-state index contributed by atoms with van der Waals surface area (Å²) in [6.45, 7) is 5.73. The first kappa shape index (κ1) is 9.84. The molecule has 0 amide bonds. The van der Waals surface area contributed by atoms with Crippen LogP contribution in [0.1, 0.15) is 20.3 Å². The van der Waals surface area contributed by atoms with Crippen LogP contribution in [0.2, 0.25) is 0 Å². The van der Waals surface area contributed by atoms with Gasteiger partial charge in [0, 0.05) is 12.7 Å². The Morgan fingerprint density at radius 2 is 2.31 bits per heavy atom. The van der Waals surface area contributed by atoms with Gasteiger partial charge in [-0.2, -0.15) is 0 Å². The molecule has 0 spiro atoms. The van der Waals surface area contributed by atoms with Gasteiger partial charge in [0.15, 0.2) is 11.6 Å². The fourth-order valence-corrected chi connectivity index (χ4v) is 1.02. The monoisotopic (exact) mass is 180 g/mol. The first-order valence-electron chi connectivity index (χ1n) is 4.70. The Bertz CT molecular complexity index is 250. The minimum atomic E-state index is 0.740. The Labute approximate surface area is 79.1 Å². The van der Waals surface area contributed by atoms with Crippen molar-refractivity contribution in [3.8, 4) is 5.75 Å². The number of aromatic nitrogens is 1. The number of ether oxygens (including phenoxy) is 1. The summed E-state index contributed by atoms with van der Waals surface area (Å²) in [7, 11) is 0. The Morgan fingerprint density at radius 1 is 1.46 bits per heavy atom. The van der Waals surface area contributed by atoms with Crippen LogP contribution in [0.4, 0.5) is 5.82 Å². The highest BCUT2D eigenvalue weighted by atomic mass is 16.5. The van der Waals surface area contributed by atoms with E-state index in [2.05, 4.69) is 17.2 Å². The van der Waals surface area contributed by atoms with Crippen LogP contribution in [0.3, 0.4) is 0 Å². The lowest BCUT2D eigenvalue weighted by Crippen LogP contribution is -2.03. The zero-order chi connectivity index (χ0) is 9.52. The molecule has 1 heterocycles. The van der Waals surface area contributed by atoms with Crippen LogP contribution in [-0.4, -0.2) is 18.1 Å². The van der Waals surface area contributed by atoms with Crippen LogP contribution < -0.4 is 10.1 Å². The Morgan fingerprint density at radius 3 is 3.00 bits per heavy atom. The molecule has 1 N–H and O–H groups in total. The molecule has 72 valence electrons. The summed E-state index contributed by atoms with van der Waals surface area (Å²) in [6.07, 6.45) is 2.78. The van der Waals surface area contributed by atoms with Gasteiger partial charge in [0.25, 0.3) is 0 Å². The fourth-order valence-electron chi connectivity index (χ4n) is 1.02. The lowest BCUT2D eigenvalue weighted by molar-refractivity contribution is 0.318. The van der Waals surface area contributed by atoms with Crippen LogP contribution in [0.5, 0.6) is 5.75 Å². The average molecular weight is 180 g/mol. The Balaban J connectivity index is 2.66. The van der Waals surface area contributed by atoms with Gasteiger partial charge in [0.05, 0.1) is 6.61 Å². The zero-order valence-corrected chi connectivity index (χ0v) is 8.21. The van der Waals surface area contributed by atoms with Crippen molar-refractivity contribution in [3.05, 3.63) is 18.3 Å². The summed E-state index contributed by atoms with van der Waals surface area (Å²) in [5.41, 5.74) is 0. The second-order valence-corrected chi connectivity index (χ2v) is 2.73. The van der Waals surface area contributed by atoms with Gasteiger partial charge < -0.3 is 10.1 Å². The third kappa shape index (κ3) is 2.93. The summed E-state index contributed by atoms with van der Waals surface area (Å²) >= 11 is 0. The quantitative estimate of drug-likeness (QED) is 0.755. The summed E-state index contributed by atoms with van der Waals surface area (Å²) in [4.78, 5) is 4.19. The van der Waals surface area contributed by atoms with Gasteiger partial charge >= 0.3 is 0 Å². The van der Waals surface area contributed by atoms with E-state index >= 15 is 0 Å². The lowest BCUT2D eigenvalue weighted by atomic mass is 10.4. The summed E-state index contributed by atoms with van der Waals surface area (Å²) in [5, 5.41) is 3.15. The molecule has 0 fully saturated rings. The number of hydrogen-bond donors (Lipinski definition) is 1. The summed E-state index contributed by atoms with van der Waals surface area (Å²) < 4.78 is 5.51. The molecule has 0 aliphatic rings. The van der Waals surface area contributed by atoms with Gasteiger partial charge in [0.1, 0.15) is 0 Å². The second kappa shape index (κ2) is 5.41. The normalized spacial score (nSPS) is 9.69. The molecule has 0 unspecified atom stereocenters. The van der Waals surface area contributed by atoms with Crippen LogP contribution >= 0.6 is 0 Å². The molecule has 13 heavy (non-hydrogen) atoms. The van der Waals surface area contributed by atoms with Crippen molar-refractivity contribution < 1.29 is 4.74 Å². The average Bonchev–Trinajstić information content (AvgIpc) is 2.17. The molecule has 0 radical (unpaired) electrons. The van der Waals surface area contributed by atoms with Gasteiger partial charge in [0.2, 0.25) is 0 Å². The molecule has 0 aliphatic carbocycles. The SMILES string of the molecule is CCCOc1cccnc1NCC. The van der Waals surface area contributed by atoms with Crippen LogP contribution in [0.25, 0.3) is 0 Å². The molecule has 1 rings (SSSR count). The molecule has 1 aromatic rings. The third-order valence-corrected chi connectivity index (χ3v) is 1.58. The first-order valence-corrected chi connectivity index (χ1v) is 4.70. The van der Waals surface area contributed by atoms with Crippen molar-refractivity contribution >= 4 is 5.82 Å². The number of pyridine rings is 1. The highest BCUT2D eigenvalue weighted by molar-refractivity contribution is 5.49. The van der Waals surface area contributed by atoms with E-state index < -0.39 is 0 Å². The van der Waals surface area contributed by atoms with Crippen molar-refractivity contribution in [3.63, 3.8) is 0 Å². The van der Waals surface area contributed by atoms with Crippen LogP contribution in [0.15, 0.2) is 18.3 Å². The third-order valence-electron chi connectivity index (χ3n) is 1.58. The molecule has 0 bridgehead atoms. The number of anilines is 1. The fraction of sp³-hybridized carbons (Fsp3) is 0.500. The van der Waals surface area contributed by atoms with Crippen molar-refractivity contribution in [2.45, 2.75) is 20.3 Å². The molecular formula is C10H16N2O. The van der Waals surface area contributed by atoms with Crippen LogP contribution in [-0.2, 0) is 0 Å². The maximum atomic E-state index is 5.51. The molecule has 0 saturated carbocycles. The van der Waals surface area contributed by atoms with Crippen molar-refractivity contribution in [1.29, 1.82) is 0 Å². The summed E-state index contributed by atoms with van der Waals surface area (Å²) in [5.74, 6) is 1.67. The van der Waals surface area contributed by atoms with Gasteiger partial charge in [-0.25, -0.2) is 4.98 Å². The number of hydrogen-bond acceptors (Lipinski definition) is 3. The summed E-state index contributed by atoms with van der Waals surface area (Å²) in [6, 6.07) is 3.81. The Hall–Kier alpha value is -1.25. The van der Waals surface area contributed by atoms with E-state index in [4.69, 9.17) is 4.74 Å². The number of rotatable bonds is 5. The topological polar surface area (TPSA) is 34.1 Å². The van der Waals surface area contributed by atoms with Crippen molar-refractivity contribution in [1.82, 2.24) is 4.98 Å².